The van der Waals surface area contributed by atoms with E-state index >= 15 is 0 Å². The highest BCUT2D eigenvalue weighted by molar-refractivity contribution is 5.93. The molecular weight excluding hydrogens is 264 g/mol. The van der Waals surface area contributed by atoms with Gasteiger partial charge in [-0.15, -0.1) is 0 Å². The molecule has 0 bridgehead atoms. The van der Waals surface area contributed by atoms with Gasteiger partial charge in [-0.25, -0.2) is 4.98 Å². The lowest BCUT2D eigenvalue weighted by Gasteiger charge is -2.40. The average molecular weight is 288 g/mol. The molecule has 0 aromatic carbocycles. The molecule has 1 fully saturated rings. The lowest BCUT2D eigenvalue weighted by atomic mass is 10.1. The molecule has 0 N–H and O–H groups in total. The van der Waals surface area contributed by atoms with Crippen LogP contribution in [0.3, 0.4) is 0 Å². The first-order chi connectivity index (χ1) is 10.2. The van der Waals surface area contributed by atoms with Gasteiger partial charge in [-0.05, 0) is 25.8 Å². The molecule has 0 radical (unpaired) electrons. The summed E-state index contributed by atoms with van der Waals surface area (Å²) in [6.45, 7) is 5.65. The van der Waals surface area contributed by atoms with E-state index in [0.29, 0.717) is 0 Å². The Balaban J connectivity index is 1.78. The molecule has 1 amide bonds. The molecule has 1 aromatic heterocycles. The number of amides is 1. The van der Waals surface area contributed by atoms with Gasteiger partial charge in [0.25, 0.3) is 0 Å². The summed E-state index contributed by atoms with van der Waals surface area (Å²) in [5.41, 5.74) is 1.01. The molecule has 3 rings (SSSR count). The molecule has 1 unspecified atom stereocenters. The second kappa shape index (κ2) is 6.02. The van der Waals surface area contributed by atoms with Crippen LogP contribution in [0, 0.1) is 0 Å². The number of piperazine rings is 1. The van der Waals surface area contributed by atoms with Crippen molar-refractivity contribution in [1.29, 1.82) is 0 Å². The quantitative estimate of drug-likeness (QED) is 0.850. The Morgan fingerprint density at radius 1 is 1.43 bits per heavy atom. The zero-order valence-electron chi connectivity index (χ0n) is 13.0. The van der Waals surface area contributed by atoms with Crippen LogP contribution in [0.5, 0.6) is 0 Å². The predicted octanol–water partition coefficient (Wildman–Crippen LogP) is 1.74. The van der Waals surface area contributed by atoms with Crippen LogP contribution in [0.2, 0.25) is 0 Å². The molecule has 5 heteroatoms. The molecule has 1 aliphatic carbocycles. The summed E-state index contributed by atoms with van der Waals surface area (Å²) >= 11 is 0. The van der Waals surface area contributed by atoms with Crippen molar-refractivity contribution in [2.24, 2.45) is 7.05 Å². The number of carbonyl (C=O) groups excluding carboxylic acids is 1. The van der Waals surface area contributed by atoms with Crippen molar-refractivity contribution in [2.75, 3.05) is 26.2 Å². The number of hydrogen-bond donors (Lipinski definition) is 0. The van der Waals surface area contributed by atoms with Crippen molar-refractivity contribution < 1.29 is 4.79 Å². The van der Waals surface area contributed by atoms with Gasteiger partial charge in [-0.3, -0.25) is 9.69 Å². The van der Waals surface area contributed by atoms with Crippen molar-refractivity contribution >= 4 is 5.91 Å². The van der Waals surface area contributed by atoms with E-state index < -0.39 is 0 Å². The van der Waals surface area contributed by atoms with Gasteiger partial charge < -0.3 is 9.47 Å². The van der Waals surface area contributed by atoms with Gasteiger partial charge in [0.1, 0.15) is 5.82 Å². The van der Waals surface area contributed by atoms with E-state index in [1.807, 2.05) is 24.3 Å². The highest BCUT2D eigenvalue weighted by Gasteiger charge is 2.33. The van der Waals surface area contributed by atoms with Gasteiger partial charge in [-0.1, -0.05) is 13.0 Å². The normalized spacial score (nSPS) is 23.4. The number of likely N-dealkylation sites (N-methyl/N-ethyl adjacent to an activating group) is 1. The number of allylic oxidation sites excluding steroid dienone is 1. The monoisotopic (exact) mass is 288 g/mol. The molecule has 1 saturated heterocycles. The maximum atomic E-state index is 12.6. The van der Waals surface area contributed by atoms with Crippen LogP contribution in [-0.2, 0) is 11.8 Å². The standard InChI is InChI=1S/C16H24N4O/c1-3-19-10-11-20(16(21)13-6-4-5-7-13)12-14(19)15-17-8-9-18(15)2/h6,8-9,14H,3-5,7,10-12H2,1-2H3. The van der Waals surface area contributed by atoms with Crippen LogP contribution in [0.25, 0.3) is 0 Å². The minimum absolute atomic E-state index is 0.203. The van der Waals surface area contributed by atoms with Gasteiger partial charge >= 0.3 is 0 Å². The molecule has 1 atom stereocenters. The van der Waals surface area contributed by atoms with Crippen LogP contribution in [0.15, 0.2) is 24.0 Å². The van der Waals surface area contributed by atoms with Crippen molar-refractivity contribution in [3.63, 3.8) is 0 Å². The smallest absolute Gasteiger partial charge is 0.249 e. The van der Waals surface area contributed by atoms with Crippen LogP contribution >= 0.6 is 0 Å². The molecule has 2 heterocycles. The van der Waals surface area contributed by atoms with E-state index in [0.717, 1.165) is 56.8 Å². The van der Waals surface area contributed by atoms with Crippen LogP contribution in [0.4, 0.5) is 0 Å². The Hall–Kier alpha value is -1.62. The second-order valence-corrected chi connectivity index (χ2v) is 5.91. The second-order valence-electron chi connectivity index (χ2n) is 5.91. The summed E-state index contributed by atoms with van der Waals surface area (Å²) in [7, 11) is 2.02. The number of hydrogen-bond acceptors (Lipinski definition) is 3. The van der Waals surface area contributed by atoms with Gasteiger partial charge in [-0.2, -0.15) is 0 Å². The molecule has 114 valence electrons. The topological polar surface area (TPSA) is 41.4 Å². The summed E-state index contributed by atoms with van der Waals surface area (Å²) in [5.74, 6) is 1.29. The number of aryl methyl sites for hydroxylation is 1. The van der Waals surface area contributed by atoms with Crippen molar-refractivity contribution in [3.05, 3.63) is 29.9 Å². The predicted molar refractivity (Wildman–Crippen MR) is 81.7 cm³/mol. The summed E-state index contributed by atoms with van der Waals surface area (Å²) < 4.78 is 2.07. The number of aromatic nitrogens is 2. The Bertz CT molecular complexity index is 548. The van der Waals surface area contributed by atoms with Crippen LogP contribution in [-0.4, -0.2) is 51.4 Å². The molecule has 0 spiro atoms. The summed E-state index contributed by atoms with van der Waals surface area (Å²) in [5, 5.41) is 0. The maximum Gasteiger partial charge on any atom is 0.249 e. The Morgan fingerprint density at radius 3 is 2.90 bits per heavy atom. The third kappa shape index (κ3) is 2.75. The molecule has 1 aromatic rings. The number of carbonyl (C=O) groups is 1. The fraction of sp³-hybridized carbons (Fsp3) is 0.625. The van der Waals surface area contributed by atoms with Crippen molar-refractivity contribution in [1.82, 2.24) is 19.4 Å². The maximum absolute atomic E-state index is 12.6. The zero-order valence-corrected chi connectivity index (χ0v) is 13.0. The van der Waals surface area contributed by atoms with Crippen LogP contribution in [0.1, 0.15) is 38.1 Å². The summed E-state index contributed by atoms with van der Waals surface area (Å²) in [4.78, 5) is 21.5. The zero-order chi connectivity index (χ0) is 14.8. The fourth-order valence-corrected chi connectivity index (χ4v) is 3.39. The third-order valence-electron chi connectivity index (χ3n) is 4.66. The molecule has 2 aliphatic rings. The molecule has 1 aliphatic heterocycles. The minimum atomic E-state index is 0.203. The fourth-order valence-electron chi connectivity index (χ4n) is 3.39. The SMILES string of the molecule is CCN1CCN(C(=O)C2=CCCC2)CC1c1nccn1C. The van der Waals surface area contributed by atoms with Crippen molar-refractivity contribution in [3.8, 4) is 0 Å². The highest BCUT2D eigenvalue weighted by Crippen LogP contribution is 2.26. The van der Waals surface area contributed by atoms with Gasteiger partial charge in [0.2, 0.25) is 5.91 Å². The largest absolute Gasteiger partial charge is 0.337 e. The van der Waals surface area contributed by atoms with E-state index in [4.69, 9.17) is 0 Å². The third-order valence-corrected chi connectivity index (χ3v) is 4.66. The van der Waals surface area contributed by atoms with E-state index in [1.54, 1.807) is 0 Å². The molecule has 21 heavy (non-hydrogen) atoms. The average Bonchev–Trinajstić information content (AvgIpc) is 3.17. The first-order valence-corrected chi connectivity index (χ1v) is 7.90. The number of rotatable bonds is 3. The van der Waals surface area contributed by atoms with Gasteiger partial charge in [0.15, 0.2) is 0 Å². The first kappa shape index (κ1) is 14.3. The van der Waals surface area contributed by atoms with Gasteiger partial charge in [0.05, 0.1) is 6.04 Å². The van der Waals surface area contributed by atoms with Crippen LogP contribution < -0.4 is 0 Å². The van der Waals surface area contributed by atoms with E-state index in [-0.39, 0.29) is 11.9 Å². The molecular formula is C16H24N4O. The lowest BCUT2D eigenvalue weighted by Crippen LogP contribution is -2.51. The Labute approximate surface area is 126 Å². The summed E-state index contributed by atoms with van der Waals surface area (Å²) in [6, 6.07) is 0.203. The molecule has 5 nitrogen and oxygen atoms in total. The number of nitrogens with zero attached hydrogens (tertiary/aromatic N) is 4. The Morgan fingerprint density at radius 2 is 2.29 bits per heavy atom. The minimum Gasteiger partial charge on any atom is -0.337 e. The highest BCUT2D eigenvalue weighted by atomic mass is 16.2. The van der Waals surface area contributed by atoms with Crippen molar-refractivity contribution in [2.45, 2.75) is 32.2 Å². The van der Waals surface area contributed by atoms with Gasteiger partial charge in [0, 0.05) is 44.6 Å². The first-order valence-electron chi connectivity index (χ1n) is 7.90. The van der Waals surface area contributed by atoms with E-state index in [9.17, 15) is 4.79 Å². The lowest BCUT2D eigenvalue weighted by molar-refractivity contribution is -0.130. The number of imidazole rings is 1. The summed E-state index contributed by atoms with van der Waals surface area (Å²) in [6.07, 6.45) is 9.05. The van der Waals surface area contributed by atoms with E-state index in [2.05, 4.69) is 27.5 Å². The molecule has 0 saturated carbocycles. The van der Waals surface area contributed by atoms with E-state index in [1.165, 1.54) is 0 Å². The Kier molecular flexibility index (Phi) is 4.10.